The molecule has 0 saturated heterocycles. The molecule has 0 saturated carbocycles. The van der Waals surface area contributed by atoms with Crippen LogP contribution < -0.4 is 4.74 Å². The standard InChI is InChI=1S/C13H11N3O/c14-10-12-5-3-6-13(16-12)17-9-7-11-4-1-2-8-15-11/h1-6,8H,7,9H2. The molecule has 0 atom stereocenters. The van der Waals surface area contributed by atoms with Crippen LogP contribution in [0.2, 0.25) is 0 Å². The summed E-state index contributed by atoms with van der Waals surface area (Å²) in [4.78, 5) is 8.21. The molecule has 2 rings (SSSR count). The van der Waals surface area contributed by atoms with Gasteiger partial charge in [0.2, 0.25) is 5.88 Å². The summed E-state index contributed by atoms with van der Waals surface area (Å²) in [6.07, 6.45) is 2.48. The van der Waals surface area contributed by atoms with E-state index in [9.17, 15) is 0 Å². The summed E-state index contributed by atoms with van der Waals surface area (Å²) in [5.74, 6) is 0.472. The van der Waals surface area contributed by atoms with Gasteiger partial charge < -0.3 is 4.74 Å². The van der Waals surface area contributed by atoms with E-state index in [0.717, 1.165) is 12.1 Å². The van der Waals surface area contributed by atoms with Crippen molar-refractivity contribution in [3.63, 3.8) is 0 Å². The minimum atomic E-state index is 0.361. The number of nitriles is 1. The lowest BCUT2D eigenvalue weighted by Crippen LogP contribution is -2.04. The number of ether oxygens (including phenoxy) is 1. The summed E-state index contributed by atoms with van der Waals surface area (Å²) in [5, 5.41) is 8.69. The first-order valence-corrected chi connectivity index (χ1v) is 5.28. The van der Waals surface area contributed by atoms with Crippen molar-refractivity contribution in [1.82, 2.24) is 9.97 Å². The Kier molecular flexibility index (Phi) is 3.66. The van der Waals surface area contributed by atoms with Gasteiger partial charge in [-0.05, 0) is 18.2 Å². The monoisotopic (exact) mass is 225 g/mol. The number of pyridine rings is 2. The number of nitrogens with zero attached hydrogens (tertiary/aromatic N) is 3. The summed E-state index contributed by atoms with van der Waals surface area (Å²) >= 11 is 0. The average molecular weight is 225 g/mol. The van der Waals surface area contributed by atoms with Gasteiger partial charge in [-0.3, -0.25) is 4.98 Å². The van der Waals surface area contributed by atoms with Gasteiger partial charge in [0.05, 0.1) is 6.61 Å². The molecule has 4 heteroatoms. The Hall–Kier alpha value is -2.41. The second-order valence-corrected chi connectivity index (χ2v) is 3.39. The molecule has 0 N–H and O–H groups in total. The molecule has 4 nitrogen and oxygen atoms in total. The highest BCUT2D eigenvalue weighted by Crippen LogP contribution is 2.07. The van der Waals surface area contributed by atoms with E-state index in [1.807, 2.05) is 24.3 Å². The highest BCUT2D eigenvalue weighted by atomic mass is 16.5. The van der Waals surface area contributed by atoms with Gasteiger partial charge in [0.15, 0.2) is 0 Å². The zero-order chi connectivity index (χ0) is 11.9. The molecule has 0 radical (unpaired) electrons. The predicted octanol–water partition coefficient (Wildman–Crippen LogP) is 1.97. The minimum absolute atomic E-state index is 0.361. The van der Waals surface area contributed by atoms with E-state index in [0.29, 0.717) is 18.2 Å². The summed E-state index contributed by atoms with van der Waals surface area (Å²) < 4.78 is 5.45. The maximum atomic E-state index is 8.69. The SMILES string of the molecule is N#Cc1cccc(OCCc2ccccn2)n1. The maximum absolute atomic E-state index is 8.69. The molecule has 0 unspecified atom stereocenters. The summed E-state index contributed by atoms with van der Waals surface area (Å²) in [7, 11) is 0. The van der Waals surface area contributed by atoms with Crippen molar-refractivity contribution in [2.45, 2.75) is 6.42 Å². The van der Waals surface area contributed by atoms with Crippen LogP contribution in [-0.2, 0) is 6.42 Å². The van der Waals surface area contributed by atoms with Crippen LogP contribution in [0.1, 0.15) is 11.4 Å². The van der Waals surface area contributed by atoms with Crippen LogP contribution in [0.25, 0.3) is 0 Å². The van der Waals surface area contributed by atoms with Gasteiger partial charge in [-0.15, -0.1) is 0 Å². The lowest BCUT2D eigenvalue weighted by Gasteiger charge is -2.04. The van der Waals surface area contributed by atoms with Crippen molar-refractivity contribution < 1.29 is 4.74 Å². The lowest BCUT2D eigenvalue weighted by molar-refractivity contribution is 0.308. The number of hydrogen-bond acceptors (Lipinski definition) is 4. The third-order valence-electron chi connectivity index (χ3n) is 2.17. The van der Waals surface area contributed by atoms with Gasteiger partial charge in [0.1, 0.15) is 11.8 Å². The van der Waals surface area contributed by atoms with Crippen LogP contribution in [0, 0.1) is 11.3 Å². The molecule has 2 aromatic heterocycles. The molecule has 0 fully saturated rings. The second kappa shape index (κ2) is 5.61. The van der Waals surface area contributed by atoms with E-state index in [2.05, 4.69) is 9.97 Å². The summed E-state index contributed by atoms with van der Waals surface area (Å²) in [6, 6.07) is 12.9. The largest absolute Gasteiger partial charge is 0.477 e. The Morgan fingerprint density at radius 1 is 1.18 bits per heavy atom. The molecule has 0 aliphatic carbocycles. The fraction of sp³-hybridized carbons (Fsp3) is 0.154. The number of aromatic nitrogens is 2. The Labute approximate surface area is 99.5 Å². The van der Waals surface area contributed by atoms with Crippen LogP contribution in [0.15, 0.2) is 42.6 Å². The Bertz CT molecular complexity index is 520. The van der Waals surface area contributed by atoms with Crippen LogP contribution in [0.4, 0.5) is 0 Å². The van der Waals surface area contributed by atoms with Gasteiger partial charge in [-0.25, -0.2) is 4.98 Å². The van der Waals surface area contributed by atoms with Gasteiger partial charge in [-0.1, -0.05) is 12.1 Å². The molecular weight excluding hydrogens is 214 g/mol. The quantitative estimate of drug-likeness (QED) is 0.798. The molecule has 0 bridgehead atoms. The number of hydrogen-bond donors (Lipinski definition) is 0. The normalized spacial score (nSPS) is 9.59. The Morgan fingerprint density at radius 3 is 2.88 bits per heavy atom. The van der Waals surface area contributed by atoms with Gasteiger partial charge in [0.25, 0.3) is 0 Å². The van der Waals surface area contributed by atoms with Gasteiger partial charge >= 0.3 is 0 Å². The second-order valence-electron chi connectivity index (χ2n) is 3.39. The van der Waals surface area contributed by atoms with Crippen LogP contribution >= 0.6 is 0 Å². The van der Waals surface area contributed by atoms with E-state index in [1.54, 1.807) is 24.4 Å². The smallest absolute Gasteiger partial charge is 0.214 e. The molecule has 2 aromatic rings. The van der Waals surface area contributed by atoms with E-state index in [-0.39, 0.29) is 0 Å². The zero-order valence-corrected chi connectivity index (χ0v) is 9.21. The molecule has 0 aliphatic rings. The third-order valence-corrected chi connectivity index (χ3v) is 2.17. The molecule has 84 valence electrons. The van der Waals surface area contributed by atoms with Crippen molar-refractivity contribution in [3.05, 3.63) is 54.0 Å². The summed E-state index contributed by atoms with van der Waals surface area (Å²) in [5.41, 5.74) is 1.34. The maximum Gasteiger partial charge on any atom is 0.214 e. The highest BCUT2D eigenvalue weighted by molar-refractivity contribution is 5.24. The van der Waals surface area contributed by atoms with Crippen molar-refractivity contribution in [1.29, 1.82) is 5.26 Å². The molecule has 0 aromatic carbocycles. The fourth-order valence-corrected chi connectivity index (χ4v) is 1.36. The number of rotatable bonds is 4. The molecule has 0 spiro atoms. The summed E-state index contributed by atoms with van der Waals surface area (Å²) in [6.45, 7) is 0.499. The van der Waals surface area contributed by atoms with Crippen molar-refractivity contribution in [2.24, 2.45) is 0 Å². The zero-order valence-electron chi connectivity index (χ0n) is 9.21. The fourth-order valence-electron chi connectivity index (χ4n) is 1.36. The van der Waals surface area contributed by atoms with Crippen molar-refractivity contribution in [2.75, 3.05) is 6.61 Å². The van der Waals surface area contributed by atoms with Crippen molar-refractivity contribution in [3.8, 4) is 11.9 Å². The third kappa shape index (κ3) is 3.28. The van der Waals surface area contributed by atoms with Crippen LogP contribution in [-0.4, -0.2) is 16.6 Å². The molecule has 17 heavy (non-hydrogen) atoms. The average Bonchev–Trinajstić information content (AvgIpc) is 2.40. The van der Waals surface area contributed by atoms with Gasteiger partial charge in [-0.2, -0.15) is 5.26 Å². The first-order valence-electron chi connectivity index (χ1n) is 5.28. The van der Waals surface area contributed by atoms with E-state index in [1.165, 1.54) is 0 Å². The van der Waals surface area contributed by atoms with E-state index < -0.39 is 0 Å². The highest BCUT2D eigenvalue weighted by Gasteiger charge is 1.98. The topological polar surface area (TPSA) is 58.8 Å². The van der Waals surface area contributed by atoms with Crippen LogP contribution in [0.5, 0.6) is 5.88 Å². The van der Waals surface area contributed by atoms with Gasteiger partial charge in [0, 0.05) is 24.4 Å². The predicted molar refractivity (Wildman–Crippen MR) is 62.4 cm³/mol. The molecular formula is C13H11N3O. The molecule has 0 amide bonds. The minimum Gasteiger partial charge on any atom is -0.477 e. The lowest BCUT2D eigenvalue weighted by atomic mass is 10.3. The first-order chi connectivity index (χ1) is 8.38. The first kappa shape index (κ1) is 11.1. The van der Waals surface area contributed by atoms with Crippen molar-refractivity contribution >= 4 is 0 Å². The van der Waals surface area contributed by atoms with Crippen LogP contribution in [0.3, 0.4) is 0 Å². The molecule has 2 heterocycles. The van der Waals surface area contributed by atoms with E-state index in [4.69, 9.17) is 10.00 Å². The molecule has 0 aliphatic heterocycles. The Balaban J connectivity index is 1.88. The Morgan fingerprint density at radius 2 is 2.12 bits per heavy atom. The van der Waals surface area contributed by atoms with E-state index >= 15 is 0 Å².